The van der Waals surface area contributed by atoms with Gasteiger partial charge >= 0.3 is 0 Å². The zero-order valence-corrected chi connectivity index (χ0v) is 11.8. The normalized spacial score (nSPS) is 10.9. The number of carbonyl (C=O) groups is 1. The number of nitrogens with zero attached hydrogens (tertiary/aromatic N) is 2. The summed E-state index contributed by atoms with van der Waals surface area (Å²) in [6.45, 7) is 0.603. The van der Waals surface area contributed by atoms with E-state index in [0.717, 1.165) is 11.3 Å². The van der Waals surface area contributed by atoms with Gasteiger partial charge in [-0.2, -0.15) is 5.10 Å². The number of nitrogens with one attached hydrogen (secondary N) is 1. The lowest BCUT2D eigenvalue weighted by molar-refractivity contribution is -0.111. The van der Waals surface area contributed by atoms with Crippen molar-refractivity contribution in [1.82, 2.24) is 9.78 Å². The van der Waals surface area contributed by atoms with E-state index in [1.54, 1.807) is 30.7 Å². The highest BCUT2D eigenvalue weighted by molar-refractivity contribution is 6.02. The highest BCUT2D eigenvalue weighted by Gasteiger charge is 2.05. The third-order valence-electron chi connectivity index (χ3n) is 3.11. The molecular weight excluding hydrogens is 278 g/mol. The van der Waals surface area contributed by atoms with E-state index in [1.165, 1.54) is 6.08 Å². The Morgan fingerprint density at radius 3 is 2.91 bits per heavy atom. The van der Waals surface area contributed by atoms with Crippen molar-refractivity contribution in [3.05, 3.63) is 78.5 Å². The van der Waals surface area contributed by atoms with E-state index < -0.39 is 0 Å². The van der Waals surface area contributed by atoms with Crippen molar-refractivity contribution in [3.8, 4) is 0 Å². The number of anilines is 1. The zero-order valence-electron chi connectivity index (χ0n) is 11.8. The number of hydrogen-bond donors (Lipinski definition) is 1. The van der Waals surface area contributed by atoms with Gasteiger partial charge in [-0.25, -0.2) is 0 Å². The summed E-state index contributed by atoms with van der Waals surface area (Å²) in [5, 5.41) is 7.06. The van der Waals surface area contributed by atoms with Gasteiger partial charge in [0.2, 0.25) is 5.91 Å². The van der Waals surface area contributed by atoms with Crippen molar-refractivity contribution >= 4 is 17.7 Å². The van der Waals surface area contributed by atoms with E-state index in [-0.39, 0.29) is 5.91 Å². The molecule has 3 rings (SSSR count). The molecule has 0 radical (unpaired) electrons. The molecule has 2 aromatic heterocycles. The Kier molecular flexibility index (Phi) is 4.15. The number of hydrogen-bond acceptors (Lipinski definition) is 3. The molecule has 1 aromatic carbocycles. The maximum Gasteiger partial charge on any atom is 0.248 e. The highest BCUT2D eigenvalue weighted by atomic mass is 16.3. The van der Waals surface area contributed by atoms with E-state index in [4.69, 9.17) is 4.42 Å². The molecule has 0 saturated heterocycles. The maximum atomic E-state index is 12.0. The quantitative estimate of drug-likeness (QED) is 0.735. The van der Waals surface area contributed by atoms with Crippen molar-refractivity contribution in [2.75, 3.05) is 5.32 Å². The molecule has 2 heterocycles. The van der Waals surface area contributed by atoms with E-state index in [2.05, 4.69) is 10.4 Å². The lowest BCUT2D eigenvalue weighted by Gasteiger charge is -2.09. The molecule has 1 N–H and O–H groups in total. The Morgan fingerprint density at radius 1 is 1.23 bits per heavy atom. The van der Waals surface area contributed by atoms with Gasteiger partial charge in [-0.15, -0.1) is 0 Å². The minimum absolute atomic E-state index is 0.204. The van der Waals surface area contributed by atoms with Gasteiger partial charge in [0.05, 0.1) is 12.8 Å². The topological polar surface area (TPSA) is 60.1 Å². The Bertz CT molecular complexity index is 759. The first-order valence-corrected chi connectivity index (χ1v) is 6.89. The van der Waals surface area contributed by atoms with Crippen LogP contribution in [0.25, 0.3) is 6.08 Å². The minimum atomic E-state index is -0.204. The fourth-order valence-electron chi connectivity index (χ4n) is 2.07. The van der Waals surface area contributed by atoms with E-state index in [9.17, 15) is 4.79 Å². The summed E-state index contributed by atoms with van der Waals surface area (Å²) in [4.78, 5) is 12.0. The molecule has 110 valence electrons. The second-order valence-corrected chi connectivity index (χ2v) is 4.70. The Balaban J connectivity index is 1.70. The van der Waals surface area contributed by atoms with Gasteiger partial charge in [-0.05, 0) is 35.9 Å². The largest absolute Gasteiger partial charge is 0.465 e. The monoisotopic (exact) mass is 293 g/mol. The third kappa shape index (κ3) is 3.52. The predicted molar refractivity (Wildman–Crippen MR) is 84.1 cm³/mol. The van der Waals surface area contributed by atoms with Gasteiger partial charge in [0.15, 0.2) is 0 Å². The second-order valence-electron chi connectivity index (χ2n) is 4.70. The average molecular weight is 293 g/mol. The SMILES string of the molecule is O=C(/C=C/c1ccco1)Nc1ccccc1Cn1cccn1. The maximum absolute atomic E-state index is 12.0. The molecule has 22 heavy (non-hydrogen) atoms. The van der Waals surface area contributed by atoms with Crippen molar-refractivity contribution in [2.45, 2.75) is 6.54 Å². The fourth-order valence-corrected chi connectivity index (χ4v) is 2.07. The first kappa shape index (κ1) is 13.9. The van der Waals surface area contributed by atoms with Crippen molar-refractivity contribution < 1.29 is 9.21 Å². The van der Waals surface area contributed by atoms with Crippen molar-refractivity contribution in [2.24, 2.45) is 0 Å². The summed E-state index contributed by atoms with van der Waals surface area (Å²) < 4.78 is 6.96. The van der Waals surface area contributed by atoms with Crippen LogP contribution in [0.15, 0.2) is 71.6 Å². The summed E-state index contributed by atoms with van der Waals surface area (Å²) in [6, 6.07) is 13.1. The van der Waals surface area contributed by atoms with Crippen LogP contribution in [-0.4, -0.2) is 15.7 Å². The standard InChI is InChI=1S/C17H15N3O2/c21-17(9-8-15-6-3-12-22-15)19-16-7-2-1-5-14(16)13-20-11-4-10-18-20/h1-12H,13H2,(H,19,21)/b9-8+. The number of carbonyl (C=O) groups excluding carboxylic acids is 1. The lowest BCUT2D eigenvalue weighted by Crippen LogP contribution is -2.11. The molecule has 0 aliphatic heterocycles. The van der Waals surface area contributed by atoms with E-state index in [1.807, 2.05) is 41.2 Å². The summed E-state index contributed by atoms with van der Waals surface area (Å²) in [6.07, 6.45) is 8.26. The first-order valence-electron chi connectivity index (χ1n) is 6.89. The Hall–Kier alpha value is -3.08. The van der Waals surface area contributed by atoms with Gasteiger partial charge in [-0.1, -0.05) is 18.2 Å². The molecule has 0 unspecified atom stereocenters. The number of amides is 1. The third-order valence-corrected chi connectivity index (χ3v) is 3.11. The summed E-state index contributed by atoms with van der Waals surface area (Å²) in [7, 11) is 0. The molecule has 0 aliphatic carbocycles. The van der Waals surface area contributed by atoms with Gasteiger partial charge in [0.1, 0.15) is 5.76 Å². The minimum Gasteiger partial charge on any atom is -0.465 e. The van der Waals surface area contributed by atoms with Crippen molar-refractivity contribution in [1.29, 1.82) is 0 Å². The number of rotatable bonds is 5. The van der Waals surface area contributed by atoms with Crippen LogP contribution in [0.3, 0.4) is 0 Å². The van der Waals surface area contributed by atoms with Crippen LogP contribution in [0.5, 0.6) is 0 Å². The molecule has 0 spiro atoms. The molecule has 3 aromatic rings. The Labute approximate surface area is 127 Å². The first-order chi connectivity index (χ1) is 10.8. The molecular formula is C17H15N3O2. The van der Waals surface area contributed by atoms with Crippen LogP contribution in [0.2, 0.25) is 0 Å². The molecule has 0 saturated carbocycles. The molecule has 0 aliphatic rings. The van der Waals surface area contributed by atoms with Gasteiger partial charge < -0.3 is 9.73 Å². The highest BCUT2D eigenvalue weighted by Crippen LogP contribution is 2.16. The second kappa shape index (κ2) is 6.58. The van der Waals surface area contributed by atoms with Crippen LogP contribution in [0.1, 0.15) is 11.3 Å². The van der Waals surface area contributed by atoms with Gasteiger partial charge in [0.25, 0.3) is 0 Å². The van der Waals surface area contributed by atoms with Crippen LogP contribution in [-0.2, 0) is 11.3 Å². The predicted octanol–water partition coefficient (Wildman–Crippen LogP) is 3.18. The molecule has 0 atom stereocenters. The van der Waals surface area contributed by atoms with Crippen LogP contribution in [0, 0.1) is 0 Å². The van der Waals surface area contributed by atoms with Crippen molar-refractivity contribution in [3.63, 3.8) is 0 Å². The fraction of sp³-hybridized carbons (Fsp3) is 0.0588. The van der Waals surface area contributed by atoms with E-state index >= 15 is 0 Å². The van der Waals surface area contributed by atoms with Crippen LogP contribution >= 0.6 is 0 Å². The zero-order chi connectivity index (χ0) is 15.2. The lowest BCUT2D eigenvalue weighted by atomic mass is 10.1. The molecule has 5 heteroatoms. The summed E-state index contributed by atoms with van der Waals surface area (Å²) >= 11 is 0. The van der Waals surface area contributed by atoms with Crippen LogP contribution in [0.4, 0.5) is 5.69 Å². The number of benzene rings is 1. The smallest absolute Gasteiger partial charge is 0.248 e. The number of para-hydroxylation sites is 1. The number of furan rings is 1. The molecule has 5 nitrogen and oxygen atoms in total. The van der Waals surface area contributed by atoms with Gasteiger partial charge in [0, 0.05) is 24.2 Å². The van der Waals surface area contributed by atoms with Gasteiger partial charge in [-0.3, -0.25) is 9.48 Å². The molecule has 0 fully saturated rings. The average Bonchev–Trinajstić information content (AvgIpc) is 3.20. The molecule has 1 amide bonds. The summed E-state index contributed by atoms with van der Waals surface area (Å²) in [5.74, 6) is 0.435. The van der Waals surface area contributed by atoms with E-state index in [0.29, 0.717) is 12.3 Å². The number of aromatic nitrogens is 2. The Morgan fingerprint density at radius 2 is 2.14 bits per heavy atom. The molecule has 0 bridgehead atoms. The van der Waals surface area contributed by atoms with Crippen LogP contribution < -0.4 is 5.32 Å². The summed E-state index contributed by atoms with van der Waals surface area (Å²) in [5.41, 5.74) is 1.76.